The van der Waals surface area contributed by atoms with Crippen LogP contribution in [0.3, 0.4) is 0 Å². The van der Waals surface area contributed by atoms with Crippen molar-refractivity contribution in [1.29, 1.82) is 0 Å². The highest BCUT2D eigenvalue weighted by molar-refractivity contribution is 6.02. The van der Waals surface area contributed by atoms with E-state index >= 15 is 0 Å². The molecule has 0 aliphatic heterocycles. The van der Waals surface area contributed by atoms with Crippen molar-refractivity contribution in [1.82, 2.24) is 0 Å². The zero-order chi connectivity index (χ0) is 14.4. The van der Waals surface area contributed by atoms with E-state index in [1.807, 2.05) is 18.2 Å². The molecule has 0 saturated carbocycles. The number of amides is 1. The van der Waals surface area contributed by atoms with E-state index in [1.165, 1.54) is 18.2 Å². The van der Waals surface area contributed by atoms with Crippen LogP contribution in [0.1, 0.15) is 11.1 Å². The van der Waals surface area contributed by atoms with E-state index in [4.69, 9.17) is 5.73 Å². The maximum atomic E-state index is 12.7. The largest absolute Gasteiger partial charge is 0.326 e. The maximum absolute atomic E-state index is 12.7. The lowest BCUT2D eigenvalue weighted by Gasteiger charge is -2.07. The minimum Gasteiger partial charge on any atom is -0.326 e. The van der Waals surface area contributed by atoms with E-state index in [2.05, 4.69) is 5.32 Å². The van der Waals surface area contributed by atoms with Gasteiger partial charge < -0.3 is 11.1 Å². The number of hydrogen-bond donors (Lipinski definition) is 2. The topological polar surface area (TPSA) is 55.1 Å². The van der Waals surface area contributed by atoms with Gasteiger partial charge in [0.15, 0.2) is 0 Å². The van der Waals surface area contributed by atoms with Crippen molar-refractivity contribution in [3.8, 4) is 0 Å². The van der Waals surface area contributed by atoms with E-state index in [9.17, 15) is 9.18 Å². The number of carbonyl (C=O) groups excluding carboxylic acids is 1. The molecule has 0 spiro atoms. The number of benzene rings is 2. The number of anilines is 1. The van der Waals surface area contributed by atoms with Crippen LogP contribution in [0.25, 0.3) is 6.08 Å². The predicted molar refractivity (Wildman–Crippen MR) is 78.4 cm³/mol. The van der Waals surface area contributed by atoms with Gasteiger partial charge in [0.25, 0.3) is 0 Å². The van der Waals surface area contributed by atoms with Crippen molar-refractivity contribution in [2.75, 3.05) is 5.32 Å². The predicted octanol–water partition coefficient (Wildman–Crippen LogP) is 2.94. The standard InChI is InChI=1S/C16H15FN2O/c17-14-8-5-12(6-9-14)7-10-16(20)19-15-4-2-1-3-13(15)11-18/h1-10H,11,18H2,(H,19,20). The normalized spacial score (nSPS) is 10.7. The van der Waals surface area contributed by atoms with Crippen molar-refractivity contribution < 1.29 is 9.18 Å². The smallest absolute Gasteiger partial charge is 0.248 e. The summed E-state index contributed by atoms with van der Waals surface area (Å²) in [5, 5.41) is 2.76. The molecule has 0 unspecified atom stereocenters. The van der Waals surface area contributed by atoms with Gasteiger partial charge in [-0.3, -0.25) is 4.79 Å². The molecule has 0 bridgehead atoms. The molecule has 3 N–H and O–H groups in total. The number of rotatable bonds is 4. The Morgan fingerprint density at radius 1 is 1.15 bits per heavy atom. The highest BCUT2D eigenvalue weighted by Gasteiger charge is 2.02. The molecule has 0 fully saturated rings. The summed E-state index contributed by atoms with van der Waals surface area (Å²) in [7, 11) is 0. The molecular formula is C16H15FN2O. The third-order valence-corrected chi connectivity index (χ3v) is 2.79. The molecule has 2 aromatic carbocycles. The Morgan fingerprint density at radius 2 is 1.85 bits per heavy atom. The van der Waals surface area contributed by atoms with Gasteiger partial charge in [0, 0.05) is 18.3 Å². The molecule has 2 aromatic rings. The van der Waals surface area contributed by atoms with Crippen molar-refractivity contribution in [2.24, 2.45) is 5.73 Å². The van der Waals surface area contributed by atoms with E-state index in [0.29, 0.717) is 12.2 Å². The lowest BCUT2D eigenvalue weighted by Crippen LogP contribution is -2.11. The summed E-state index contributed by atoms with van der Waals surface area (Å²) in [6.45, 7) is 0.359. The lowest BCUT2D eigenvalue weighted by atomic mass is 10.1. The van der Waals surface area contributed by atoms with E-state index < -0.39 is 0 Å². The van der Waals surface area contributed by atoms with Gasteiger partial charge in [-0.1, -0.05) is 30.3 Å². The number of nitrogens with one attached hydrogen (secondary N) is 1. The van der Waals surface area contributed by atoms with Crippen molar-refractivity contribution in [3.05, 3.63) is 71.6 Å². The third-order valence-electron chi connectivity index (χ3n) is 2.79. The summed E-state index contributed by atoms with van der Waals surface area (Å²) in [5.41, 5.74) is 7.93. The fraction of sp³-hybridized carbons (Fsp3) is 0.0625. The lowest BCUT2D eigenvalue weighted by molar-refractivity contribution is -0.111. The fourth-order valence-corrected chi connectivity index (χ4v) is 1.74. The second-order valence-electron chi connectivity index (χ2n) is 4.24. The van der Waals surface area contributed by atoms with Gasteiger partial charge in [-0.15, -0.1) is 0 Å². The number of carbonyl (C=O) groups is 1. The summed E-state index contributed by atoms with van der Waals surface area (Å²) in [6.07, 6.45) is 3.03. The highest BCUT2D eigenvalue weighted by Crippen LogP contribution is 2.14. The molecule has 0 aliphatic carbocycles. The average Bonchev–Trinajstić information content (AvgIpc) is 2.47. The quantitative estimate of drug-likeness (QED) is 0.839. The molecule has 0 atom stereocenters. The summed E-state index contributed by atoms with van der Waals surface area (Å²) < 4.78 is 12.7. The minimum atomic E-state index is -0.302. The van der Waals surface area contributed by atoms with Crippen LogP contribution in [-0.4, -0.2) is 5.91 Å². The molecule has 0 heterocycles. The Morgan fingerprint density at radius 3 is 2.55 bits per heavy atom. The van der Waals surface area contributed by atoms with Crippen LogP contribution in [0, 0.1) is 5.82 Å². The molecule has 2 rings (SSSR count). The van der Waals surface area contributed by atoms with Gasteiger partial charge in [0.05, 0.1) is 0 Å². The van der Waals surface area contributed by atoms with Gasteiger partial charge in [-0.05, 0) is 35.4 Å². The number of para-hydroxylation sites is 1. The molecule has 1 amide bonds. The first kappa shape index (κ1) is 14.0. The molecule has 0 aromatic heterocycles. The number of nitrogens with two attached hydrogens (primary N) is 1. The molecule has 0 radical (unpaired) electrons. The van der Waals surface area contributed by atoms with Crippen molar-refractivity contribution >= 4 is 17.7 Å². The van der Waals surface area contributed by atoms with Crippen molar-refractivity contribution in [3.63, 3.8) is 0 Å². The monoisotopic (exact) mass is 270 g/mol. The molecule has 20 heavy (non-hydrogen) atoms. The summed E-state index contributed by atoms with van der Waals surface area (Å²) in [4.78, 5) is 11.8. The average molecular weight is 270 g/mol. The van der Waals surface area contributed by atoms with Crippen LogP contribution in [-0.2, 0) is 11.3 Å². The molecule has 0 aliphatic rings. The van der Waals surface area contributed by atoms with Crippen LogP contribution in [0.4, 0.5) is 10.1 Å². The van der Waals surface area contributed by atoms with Crippen LogP contribution in [0.5, 0.6) is 0 Å². The number of hydrogen-bond acceptors (Lipinski definition) is 2. The van der Waals surface area contributed by atoms with Gasteiger partial charge in [0.1, 0.15) is 5.82 Å². The first-order valence-electron chi connectivity index (χ1n) is 6.21. The van der Waals surface area contributed by atoms with E-state index in [1.54, 1.807) is 24.3 Å². The molecular weight excluding hydrogens is 255 g/mol. The van der Waals surface area contributed by atoms with Crippen LogP contribution < -0.4 is 11.1 Å². The van der Waals surface area contributed by atoms with Gasteiger partial charge in [-0.2, -0.15) is 0 Å². The first-order valence-corrected chi connectivity index (χ1v) is 6.21. The van der Waals surface area contributed by atoms with Crippen molar-refractivity contribution in [2.45, 2.75) is 6.54 Å². The molecule has 102 valence electrons. The molecule has 4 heteroatoms. The zero-order valence-electron chi connectivity index (χ0n) is 10.8. The Kier molecular flexibility index (Phi) is 4.63. The Labute approximate surface area is 116 Å². The van der Waals surface area contributed by atoms with E-state index in [-0.39, 0.29) is 11.7 Å². The second-order valence-corrected chi connectivity index (χ2v) is 4.24. The fourth-order valence-electron chi connectivity index (χ4n) is 1.74. The van der Waals surface area contributed by atoms with Gasteiger partial charge >= 0.3 is 0 Å². The zero-order valence-corrected chi connectivity index (χ0v) is 10.8. The Bertz CT molecular complexity index is 621. The van der Waals surface area contributed by atoms with Gasteiger partial charge in [0.2, 0.25) is 5.91 Å². The maximum Gasteiger partial charge on any atom is 0.248 e. The molecule has 3 nitrogen and oxygen atoms in total. The van der Waals surface area contributed by atoms with Crippen LogP contribution in [0.2, 0.25) is 0 Å². The summed E-state index contributed by atoms with van der Waals surface area (Å²) in [5.74, 6) is -0.557. The van der Waals surface area contributed by atoms with E-state index in [0.717, 1.165) is 11.1 Å². The van der Waals surface area contributed by atoms with Crippen LogP contribution >= 0.6 is 0 Å². The highest BCUT2D eigenvalue weighted by atomic mass is 19.1. The summed E-state index contributed by atoms with van der Waals surface area (Å²) >= 11 is 0. The van der Waals surface area contributed by atoms with Gasteiger partial charge in [-0.25, -0.2) is 4.39 Å². The molecule has 0 saturated heterocycles. The first-order chi connectivity index (χ1) is 9.69. The SMILES string of the molecule is NCc1ccccc1NC(=O)C=Cc1ccc(F)cc1. The third kappa shape index (κ3) is 3.76. The Balaban J connectivity index is 2.03. The Hall–Kier alpha value is -2.46. The summed E-state index contributed by atoms with van der Waals surface area (Å²) in [6, 6.07) is 13.3. The van der Waals surface area contributed by atoms with Crippen LogP contribution in [0.15, 0.2) is 54.6 Å². The minimum absolute atomic E-state index is 0.254. The number of halogens is 1. The second kappa shape index (κ2) is 6.63.